The maximum Gasteiger partial charge on any atom is 0.125 e. The number of anilines is 2. The van der Waals surface area contributed by atoms with Gasteiger partial charge in [0, 0.05) is 13.1 Å². The molecule has 1 aromatic rings. The van der Waals surface area contributed by atoms with E-state index in [4.69, 9.17) is 5.73 Å². The van der Waals surface area contributed by atoms with Gasteiger partial charge in [-0.2, -0.15) is 0 Å². The molecule has 0 aliphatic carbocycles. The molecule has 0 saturated carbocycles. The number of benzene rings is 1. The van der Waals surface area contributed by atoms with Gasteiger partial charge in [-0.25, -0.2) is 4.39 Å². The first-order valence-corrected chi connectivity index (χ1v) is 5.88. The molecule has 88 valence electrons. The average Bonchev–Trinajstić information content (AvgIpc) is 2.26. The third kappa shape index (κ3) is 2.13. The van der Waals surface area contributed by atoms with E-state index in [2.05, 4.69) is 18.7 Å². The minimum Gasteiger partial charge on any atom is -0.397 e. The molecule has 0 bridgehead atoms. The summed E-state index contributed by atoms with van der Waals surface area (Å²) < 4.78 is 13.2. The molecule has 0 aromatic heterocycles. The Balaban J connectivity index is 2.21. The van der Waals surface area contributed by atoms with Crippen LogP contribution in [-0.4, -0.2) is 13.1 Å². The Hall–Kier alpha value is -1.25. The molecule has 2 atom stereocenters. The fraction of sp³-hybridized carbons (Fsp3) is 0.538. The summed E-state index contributed by atoms with van der Waals surface area (Å²) in [6, 6.07) is 4.60. The molecule has 1 aliphatic rings. The second-order valence-electron chi connectivity index (χ2n) is 4.89. The molecule has 1 saturated heterocycles. The lowest BCUT2D eigenvalue weighted by atomic mass is 9.88. The maximum absolute atomic E-state index is 13.2. The van der Waals surface area contributed by atoms with E-state index >= 15 is 0 Å². The SMILES string of the molecule is CC1CCN(c2cc(F)ccc2N)CC1C. The van der Waals surface area contributed by atoms with Crippen LogP contribution < -0.4 is 10.6 Å². The lowest BCUT2D eigenvalue weighted by Gasteiger charge is -2.37. The average molecular weight is 222 g/mol. The lowest BCUT2D eigenvalue weighted by molar-refractivity contribution is 0.324. The fourth-order valence-corrected chi connectivity index (χ4v) is 2.27. The maximum atomic E-state index is 13.2. The van der Waals surface area contributed by atoms with E-state index in [1.54, 1.807) is 6.07 Å². The second kappa shape index (κ2) is 4.32. The third-order valence-corrected chi connectivity index (χ3v) is 3.67. The van der Waals surface area contributed by atoms with E-state index in [-0.39, 0.29) is 5.82 Å². The number of piperidine rings is 1. The zero-order chi connectivity index (χ0) is 11.7. The van der Waals surface area contributed by atoms with Crippen LogP contribution in [0.25, 0.3) is 0 Å². The Bertz CT molecular complexity index is 378. The van der Waals surface area contributed by atoms with Gasteiger partial charge in [0.2, 0.25) is 0 Å². The van der Waals surface area contributed by atoms with Crippen LogP contribution in [0.5, 0.6) is 0 Å². The first kappa shape index (κ1) is 11.2. The van der Waals surface area contributed by atoms with Crippen LogP contribution in [-0.2, 0) is 0 Å². The molecular weight excluding hydrogens is 203 g/mol. The summed E-state index contributed by atoms with van der Waals surface area (Å²) in [5, 5.41) is 0. The van der Waals surface area contributed by atoms with E-state index in [1.165, 1.54) is 12.1 Å². The molecule has 1 aromatic carbocycles. The predicted octanol–water partition coefficient (Wildman–Crippen LogP) is 2.89. The molecule has 2 N–H and O–H groups in total. The van der Waals surface area contributed by atoms with Crippen molar-refractivity contribution < 1.29 is 4.39 Å². The van der Waals surface area contributed by atoms with Crippen molar-refractivity contribution in [2.45, 2.75) is 20.3 Å². The standard InChI is InChI=1S/C13H19FN2/c1-9-5-6-16(8-10(9)2)13-7-11(14)3-4-12(13)15/h3-4,7,9-10H,5-6,8,15H2,1-2H3. The van der Waals surface area contributed by atoms with Gasteiger partial charge in [-0.1, -0.05) is 13.8 Å². The van der Waals surface area contributed by atoms with Gasteiger partial charge in [0.15, 0.2) is 0 Å². The minimum atomic E-state index is -0.213. The fourth-order valence-electron chi connectivity index (χ4n) is 2.27. The summed E-state index contributed by atoms with van der Waals surface area (Å²) in [5.74, 6) is 1.16. The van der Waals surface area contributed by atoms with Crippen LogP contribution in [0.2, 0.25) is 0 Å². The second-order valence-corrected chi connectivity index (χ2v) is 4.89. The summed E-state index contributed by atoms with van der Waals surface area (Å²) in [6.07, 6.45) is 1.15. The highest BCUT2D eigenvalue weighted by Crippen LogP contribution is 2.30. The zero-order valence-electron chi connectivity index (χ0n) is 9.91. The van der Waals surface area contributed by atoms with E-state index in [0.717, 1.165) is 31.1 Å². The monoisotopic (exact) mass is 222 g/mol. The minimum absolute atomic E-state index is 0.213. The summed E-state index contributed by atoms with van der Waals surface area (Å²) >= 11 is 0. The molecular formula is C13H19FN2. The topological polar surface area (TPSA) is 29.3 Å². The molecule has 2 rings (SSSR count). The van der Waals surface area contributed by atoms with E-state index in [9.17, 15) is 4.39 Å². The molecule has 1 aliphatic heterocycles. The molecule has 2 nitrogen and oxygen atoms in total. The smallest absolute Gasteiger partial charge is 0.125 e. The molecule has 1 heterocycles. The van der Waals surface area contributed by atoms with Crippen molar-refractivity contribution in [1.82, 2.24) is 0 Å². The van der Waals surface area contributed by atoms with Crippen molar-refractivity contribution in [1.29, 1.82) is 0 Å². The highest BCUT2D eigenvalue weighted by atomic mass is 19.1. The molecule has 0 radical (unpaired) electrons. The summed E-state index contributed by atoms with van der Waals surface area (Å²) in [4.78, 5) is 2.20. The van der Waals surface area contributed by atoms with Gasteiger partial charge in [-0.15, -0.1) is 0 Å². The normalized spacial score (nSPS) is 25.8. The molecule has 16 heavy (non-hydrogen) atoms. The highest BCUT2D eigenvalue weighted by Gasteiger charge is 2.23. The van der Waals surface area contributed by atoms with Gasteiger partial charge in [0.05, 0.1) is 11.4 Å². The van der Waals surface area contributed by atoms with Crippen LogP contribution in [0.15, 0.2) is 18.2 Å². The van der Waals surface area contributed by atoms with Crippen molar-refractivity contribution in [2.24, 2.45) is 11.8 Å². The number of hydrogen-bond donors (Lipinski definition) is 1. The molecule has 1 fully saturated rings. The van der Waals surface area contributed by atoms with Crippen molar-refractivity contribution in [3.8, 4) is 0 Å². The largest absolute Gasteiger partial charge is 0.397 e. The first-order valence-electron chi connectivity index (χ1n) is 5.88. The number of nitrogens with two attached hydrogens (primary N) is 1. The summed E-state index contributed by atoms with van der Waals surface area (Å²) in [5.41, 5.74) is 7.41. The summed E-state index contributed by atoms with van der Waals surface area (Å²) in [6.45, 7) is 6.46. The van der Waals surface area contributed by atoms with E-state index in [1.807, 2.05) is 0 Å². The Kier molecular flexibility index (Phi) is 3.03. The van der Waals surface area contributed by atoms with Crippen molar-refractivity contribution in [3.63, 3.8) is 0 Å². The highest BCUT2D eigenvalue weighted by molar-refractivity contribution is 5.67. The number of halogens is 1. The van der Waals surface area contributed by atoms with Crippen LogP contribution in [0.1, 0.15) is 20.3 Å². The van der Waals surface area contributed by atoms with E-state index < -0.39 is 0 Å². The molecule has 0 spiro atoms. The Labute approximate surface area is 96.2 Å². The Morgan fingerprint density at radius 3 is 2.75 bits per heavy atom. The Morgan fingerprint density at radius 1 is 1.31 bits per heavy atom. The number of hydrogen-bond acceptors (Lipinski definition) is 2. The van der Waals surface area contributed by atoms with Gasteiger partial charge in [-0.05, 0) is 36.5 Å². The third-order valence-electron chi connectivity index (χ3n) is 3.67. The van der Waals surface area contributed by atoms with Gasteiger partial charge < -0.3 is 10.6 Å². The first-order chi connectivity index (χ1) is 7.58. The summed E-state index contributed by atoms with van der Waals surface area (Å²) in [7, 11) is 0. The number of rotatable bonds is 1. The number of nitrogens with zero attached hydrogens (tertiary/aromatic N) is 1. The predicted molar refractivity (Wildman–Crippen MR) is 66.0 cm³/mol. The quantitative estimate of drug-likeness (QED) is 0.740. The molecule has 0 amide bonds. The van der Waals surface area contributed by atoms with Crippen molar-refractivity contribution in [3.05, 3.63) is 24.0 Å². The van der Waals surface area contributed by atoms with Crippen LogP contribution in [0.3, 0.4) is 0 Å². The lowest BCUT2D eigenvalue weighted by Crippen LogP contribution is -2.38. The Morgan fingerprint density at radius 2 is 2.06 bits per heavy atom. The van der Waals surface area contributed by atoms with Crippen LogP contribution in [0.4, 0.5) is 15.8 Å². The molecule has 2 unspecified atom stereocenters. The van der Waals surface area contributed by atoms with Gasteiger partial charge >= 0.3 is 0 Å². The van der Waals surface area contributed by atoms with Crippen LogP contribution in [0, 0.1) is 17.7 Å². The van der Waals surface area contributed by atoms with Crippen LogP contribution >= 0.6 is 0 Å². The zero-order valence-corrected chi connectivity index (χ0v) is 9.91. The van der Waals surface area contributed by atoms with Crippen molar-refractivity contribution >= 4 is 11.4 Å². The molecule has 3 heteroatoms. The van der Waals surface area contributed by atoms with Gasteiger partial charge in [0.1, 0.15) is 5.82 Å². The van der Waals surface area contributed by atoms with Gasteiger partial charge in [-0.3, -0.25) is 0 Å². The van der Waals surface area contributed by atoms with Gasteiger partial charge in [0.25, 0.3) is 0 Å². The van der Waals surface area contributed by atoms with E-state index in [0.29, 0.717) is 11.6 Å². The van der Waals surface area contributed by atoms with Crippen molar-refractivity contribution in [2.75, 3.05) is 23.7 Å². The number of nitrogen functional groups attached to an aromatic ring is 1.